The first-order valence-electron chi connectivity index (χ1n) is 4.44. The highest BCUT2D eigenvalue weighted by Gasteiger charge is 2.17. The third kappa shape index (κ3) is 2.96. The minimum atomic E-state index is -1.13. The summed E-state index contributed by atoms with van der Waals surface area (Å²) in [5.74, 6) is -1.96. The van der Waals surface area contributed by atoms with E-state index in [9.17, 15) is 14.7 Å². The minimum absolute atomic E-state index is 0.0382. The van der Waals surface area contributed by atoms with E-state index in [0.717, 1.165) is 0 Å². The molecule has 0 radical (unpaired) electrons. The lowest BCUT2D eigenvalue weighted by Crippen LogP contribution is -2.38. The van der Waals surface area contributed by atoms with Crippen LogP contribution in [0, 0.1) is 0 Å². The lowest BCUT2D eigenvalue weighted by molar-refractivity contribution is -0.138. The van der Waals surface area contributed by atoms with Crippen LogP contribution in [0.25, 0.3) is 0 Å². The number of aromatic hydroxyl groups is 1. The fraction of sp³-hybridized carbons (Fsp3) is 0.200. The van der Waals surface area contributed by atoms with E-state index in [0.29, 0.717) is 4.47 Å². The Morgan fingerprint density at radius 1 is 1.44 bits per heavy atom. The van der Waals surface area contributed by atoms with Crippen molar-refractivity contribution in [2.75, 3.05) is 0 Å². The second-order valence-electron chi connectivity index (χ2n) is 3.19. The van der Waals surface area contributed by atoms with Crippen molar-refractivity contribution in [3.63, 3.8) is 0 Å². The smallest absolute Gasteiger partial charge is 0.325 e. The molecule has 16 heavy (non-hydrogen) atoms. The molecule has 6 heteroatoms. The number of carbonyl (C=O) groups is 2. The third-order valence-corrected chi connectivity index (χ3v) is 2.42. The second-order valence-corrected chi connectivity index (χ2v) is 4.11. The van der Waals surface area contributed by atoms with Gasteiger partial charge in [-0.1, -0.05) is 15.9 Å². The van der Waals surface area contributed by atoms with E-state index in [2.05, 4.69) is 21.2 Å². The first kappa shape index (κ1) is 12.5. The highest BCUT2D eigenvalue weighted by Crippen LogP contribution is 2.22. The molecule has 1 aromatic carbocycles. The van der Waals surface area contributed by atoms with Crippen molar-refractivity contribution in [2.45, 2.75) is 13.0 Å². The van der Waals surface area contributed by atoms with Crippen LogP contribution >= 0.6 is 15.9 Å². The van der Waals surface area contributed by atoms with Gasteiger partial charge in [0.1, 0.15) is 11.8 Å². The largest absolute Gasteiger partial charge is 0.507 e. The molecule has 1 atom stereocenters. The van der Waals surface area contributed by atoms with Gasteiger partial charge in [-0.25, -0.2) is 0 Å². The normalized spacial score (nSPS) is 11.9. The molecule has 0 bridgehead atoms. The molecular formula is C10H10BrNO4. The number of carboxylic acids is 1. The number of phenols is 1. The molecule has 1 amide bonds. The molecule has 1 unspecified atom stereocenters. The van der Waals surface area contributed by atoms with Crippen molar-refractivity contribution in [2.24, 2.45) is 0 Å². The van der Waals surface area contributed by atoms with Gasteiger partial charge in [0, 0.05) is 4.47 Å². The van der Waals surface area contributed by atoms with E-state index in [4.69, 9.17) is 5.11 Å². The lowest BCUT2D eigenvalue weighted by Gasteiger charge is -2.10. The van der Waals surface area contributed by atoms with Gasteiger partial charge in [0.25, 0.3) is 5.91 Å². The van der Waals surface area contributed by atoms with Crippen LogP contribution < -0.4 is 5.32 Å². The number of aliphatic carboxylic acids is 1. The zero-order valence-corrected chi connectivity index (χ0v) is 9.98. The summed E-state index contributed by atoms with van der Waals surface area (Å²) < 4.78 is 0.632. The molecule has 1 rings (SSSR count). The number of rotatable bonds is 3. The fourth-order valence-corrected chi connectivity index (χ4v) is 1.38. The summed E-state index contributed by atoms with van der Waals surface area (Å²) in [6.07, 6.45) is 0. The number of carbonyl (C=O) groups excluding carboxylic acids is 1. The summed E-state index contributed by atoms with van der Waals surface area (Å²) in [5, 5.41) is 20.3. The number of nitrogens with one attached hydrogen (secondary N) is 1. The Bertz CT molecular complexity index is 433. The number of phenolic OH excluding ortho intramolecular Hbond substituents is 1. The zero-order chi connectivity index (χ0) is 12.3. The van der Waals surface area contributed by atoms with Crippen molar-refractivity contribution >= 4 is 27.8 Å². The highest BCUT2D eigenvalue weighted by atomic mass is 79.9. The number of hydrogen-bond donors (Lipinski definition) is 3. The maximum absolute atomic E-state index is 11.5. The van der Waals surface area contributed by atoms with Crippen molar-refractivity contribution in [1.82, 2.24) is 5.32 Å². The predicted molar refractivity (Wildman–Crippen MR) is 60.4 cm³/mol. The Morgan fingerprint density at radius 3 is 2.56 bits per heavy atom. The van der Waals surface area contributed by atoms with Gasteiger partial charge in [0.2, 0.25) is 0 Å². The number of carboxylic acid groups (broad SMARTS) is 1. The Hall–Kier alpha value is -1.56. The molecule has 5 nitrogen and oxygen atoms in total. The van der Waals surface area contributed by atoms with E-state index in [1.807, 2.05) is 0 Å². The standard InChI is InChI=1S/C10H10BrNO4/c1-5(10(15)16)12-9(14)7-3-2-6(11)4-8(7)13/h2-5,13H,1H3,(H,12,14)(H,15,16). The van der Waals surface area contributed by atoms with Crippen molar-refractivity contribution < 1.29 is 19.8 Å². The van der Waals surface area contributed by atoms with Crippen LogP contribution in [0.5, 0.6) is 5.75 Å². The molecule has 0 aliphatic carbocycles. The summed E-state index contributed by atoms with van der Waals surface area (Å²) in [4.78, 5) is 22.1. The number of halogens is 1. The summed E-state index contributed by atoms with van der Waals surface area (Å²) in [6, 6.07) is 3.35. The lowest BCUT2D eigenvalue weighted by atomic mass is 10.2. The topological polar surface area (TPSA) is 86.6 Å². The summed E-state index contributed by atoms with van der Waals surface area (Å²) in [7, 11) is 0. The molecule has 0 aliphatic rings. The Labute approximate surface area is 100 Å². The van der Waals surface area contributed by atoms with Crippen LogP contribution in [0.15, 0.2) is 22.7 Å². The SMILES string of the molecule is CC(NC(=O)c1ccc(Br)cc1O)C(=O)O. The van der Waals surface area contributed by atoms with Crippen LogP contribution in [-0.2, 0) is 4.79 Å². The average molecular weight is 288 g/mol. The van der Waals surface area contributed by atoms with Gasteiger partial charge in [0.15, 0.2) is 0 Å². The van der Waals surface area contributed by atoms with Gasteiger partial charge in [-0.15, -0.1) is 0 Å². The summed E-state index contributed by atoms with van der Waals surface area (Å²) >= 11 is 3.13. The quantitative estimate of drug-likeness (QED) is 0.783. The van der Waals surface area contributed by atoms with Crippen molar-refractivity contribution in [3.8, 4) is 5.75 Å². The Kier molecular flexibility index (Phi) is 3.89. The van der Waals surface area contributed by atoms with Gasteiger partial charge in [-0.3, -0.25) is 9.59 Å². The molecule has 0 fully saturated rings. The highest BCUT2D eigenvalue weighted by molar-refractivity contribution is 9.10. The van der Waals surface area contributed by atoms with Crippen molar-refractivity contribution in [3.05, 3.63) is 28.2 Å². The third-order valence-electron chi connectivity index (χ3n) is 1.92. The second kappa shape index (κ2) is 4.98. The molecule has 1 aromatic rings. The van der Waals surface area contributed by atoms with Crippen LogP contribution in [0.1, 0.15) is 17.3 Å². The van der Waals surface area contributed by atoms with E-state index in [1.54, 1.807) is 6.07 Å². The molecular weight excluding hydrogens is 278 g/mol. The number of benzene rings is 1. The molecule has 0 saturated carbocycles. The molecule has 0 aliphatic heterocycles. The van der Waals surface area contributed by atoms with E-state index < -0.39 is 17.9 Å². The Morgan fingerprint density at radius 2 is 2.06 bits per heavy atom. The maximum atomic E-state index is 11.5. The molecule has 0 heterocycles. The summed E-state index contributed by atoms with van der Waals surface area (Å²) in [6.45, 7) is 1.34. The molecule has 86 valence electrons. The van der Waals surface area contributed by atoms with E-state index in [-0.39, 0.29) is 11.3 Å². The number of amides is 1. The first-order valence-corrected chi connectivity index (χ1v) is 5.23. The predicted octanol–water partition coefficient (Wildman–Crippen LogP) is 1.36. The monoisotopic (exact) mass is 287 g/mol. The van der Waals surface area contributed by atoms with E-state index in [1.165, 1.54) is 19.1 Å². The minimum Gasteiger partial charge on any atom is -0.507 e. The van der Waals surface area contributed by atoms with Crippen LogP contribution in [0.4, 0.5) is 0 Å². The molecule has 0 saturated heterocycles. The first-order chi connectivity index (χ1) is 7.41. The fourth-order valence-electron chi connectivity index (χ4n) is 1.03. The molecule has 3 N–H and O–H groups in total. The molecule has 0 spiro atoms. The van der Waals surface area contributed by atoms with Gasteiger partial charge < -0.3 is 15.5 Å². The summed E-state index contributed by atoms with van der Waals surface area (Å²) in [5.41, 5.74) is 0.0382. The van der Waals surface area contributed by atoms with Gasteiger partial charge in [0.05, 0.1) is 5.56 Å². The maximum Gasteiger partial charge on any atom is 0.325 e. The van der Waals surface area contributed by atoms with Crippen molar-refractivity contribution in [1.29, 1.82) is 0 Å². The van der Waals surface area contributed by atoms with Gasteiger partial charge in [-0.05, 0) is 25.1 Å². The number of hydrogen-bond acceptors (Lipinski definition) is 3. The zero-order valence-electron chi connectivity index (χ0n) is 8.40. The Balaban J connectivity index is 2.85. The van der Waals surface area contributed by atoms with Crippen LogP contribution in [0.2, 0.25) is 0 Å². The van der Waals surface area contributed by atoms with Gasteiger partial charge >= 0.3 is 5.97 Å². The van der Waals surface area contributed by atoms with Gasteiger partial charge in [-0.2, -0.15) is 0 Å². The van der Waals surface area contributed by atoms with Crippen LogP contribution in [0.3, 0.4) is 0 Å². The van der Waals surface area contributed by atoms with Crippen LogP contribution in [-0.4, -0.2) is 28.1 Å². The van der Waals surface area contributed by atoms with E-state index >= 15 is 0 Å². The molecule has 0 aromatic heterocycles. The average Bonchev–Trinajstić information content (AvgIpc) is 2.16.